The highest BCUT2D eigenvalue weighted by Crippen LogP contribution is 2.31. The summed E-state index contributed by atoms with van der Waals surface area (Å²) < 4.78 is 10.9. The van der Waals surface area contributed by atoms with E-state index in [1.807, 2.05) is 13.8 Å². The molecule has 1 aliphatic rings. The van der Waals surface area contributed by atoms with Gasteiger partial charge in [-0.2, -0.15) is 0 Å². The van der Waals surface area contributed by atoms with Crippen LogP contribution in [0.15, 0.2) is 18.2 Å². The van der Waals surface area contributed by atoms with Gasteiger partial charge in [0.25, 0.3) is 5.91 Å². The zero-order chi connectivity index (χ0) is 16.2. The molecule has 0 saturated carbocycles. The first-order valence-electron chi connectivity index (χ1n) is 7.43. The predicted octanol–water partition coefficient (Wildman–Crippen LogP) is 2.22. The van der Waals surface area contributed by atoms with E-state index in [0.717, 1.165) is 0 Å². The molecule has 0 aromatic heterocycles. The van der Waals surface area contributed by atoms with Gasteiger partial charge in [-0.25, -0.2) is 0 Å². The lowest BCUT2D eigenvalue weighted by Gasteiger charge is -2.31. The van der Waals surface area contributed by atoms with Gasteiger partial charge in [0, 0.05) is 5.56 Å². The van der Waals surface area contributed by atoms with Gasteiger partial charge < -0.3 is 19.9 Å². The maximum Gasteiger partial charge on any atom is 0.305 e. The van der Waals surface area contributed by atoms with E-state index in [9.17, 15) is 9.59 Å². The van der Waals surface area contributed by atoms with Crippen molar-refractivity contribution in [1.82, 2.24) is 5.32 Å². The van der Waals surface area contributed by atoms with Gasteiger partial charge in [-0.15, -0.1) is 0 Å². The number of fused-ring (bicyclic) bond motifs is 1. The highest BCUT2D eigenvalue weighted by atomic mass is 16.6. The van der Waals surface area contributed by atoms with Gasteiger partial charge in [-0.1, -0.05) is 13.8 Å². The van der Waals surface area contributed by atoms with Crippen LogP contribution in [0.1, 0.15) is 43.5 Å². The number of carbonyl (C=O) groups is 2. The number of hydrogen-bond donors (Lipinski definition) is 2. The molecule has 1 amide bonds. The molecule has 0 radical (unpaired) electrons. The zero-order valence-electron chi connectivity index (χ0n) is 12.8. The van der Waals surface area contributed by atoms with Crippen LogP contribution in [0.5, 0.6) is 11.5 Å². The quantitative estimate of drug-likeness (QED) is 0.842. The maximum atomic E-state index is 12.4. The molecule has 0 saturated heterocycles. The molecular formula is C16H21NO5. The Balaban J connectivity index is 2.18. The first-order chi connectivity index (χ1) is 10.5. The third-order valence-corrected chi connectivity index (χ3v) is 4.03. The van der Waals surface area contributed by atoms with Crippen molar-refractivity contribution in [3.63, 3.8) is 0 Å². The van der Waals surface area contributed by atoms with Crippen molar-refractivity contribution in [3.8, 4) is 11.5 Å². The van der Waals surface area contributed by atoms with Crippen LogP contribution in [0.2, 0.25) is 0 Å². The summed E-state index contributed by atoms with van der Waals surface area (Å²) in [5.41, 5.74) is -0.309. The van der Waals surface area contributed by atoms with E-state index in [1.165, 1.54) is 0 Å². The van der Waals surface area contributed by atoms with Crippen molar-refractivity contribution < 1.29 is 24.2 Å². The van der Waals surface area contributed by atoms with Crippen molar-refractivity contribution >= 4 is 11.9 Å². The molecule has 0 fully saturated rings. The number of carboxylic acids is 1. The van der Waals surface area contributed by atoms with Crippen LogP contribution in [-0.4, -0.2) is 35.7 Å². The van der Waals surface area contributed by atoms with E-state index in [0.29, 0.717) is 43.1 Å². The van der Waals surface area contributed by atoms with E-state index < -0.39 is 11.5 Å². The van der Waals surface area contributed by atoms with E-state index in [4.69, 9.17) is 14.6 Å². The van der Waals surface area contributed by atoms with Crippen molar-refractivity contribution in [2.75, 3.05) is 13.2 Å². The Morgan fingerprint density at radius 2 is 1.82 bits per heavy atom. The van der Waals surface area contributed by atoms with Gasteiger partial charge in [-0.05, 0) is 31.0 Å². The molecule has 2 N–H and O–H groups in total. The van der Waals surface area contributed by atoms with Crippen LogP contribution >= 0.6 is 0 Å². The Kier molecular flexibility index (Phi) is 4.90. The van der Waals surface area contributed by atoms with Gasteiger partial charge >= 0.3 is 5.97 Å². The normalized spacial score (nSPS) is 13.5. The third kappa shape index (κ3) is 3.50. The van der Waals surface area contributed by atoms with Gasteiger partial charge in [0.2, 0.25) is 0 Å². The van der Waals surface area contributed by atoms with Crippen LogP contribution in [0, 0.1) is 0 Å². The smallest absolute Gasteiger partial charge is 0.305 e. The highest BCUT2D eigenvalue weighted by molar-refractivity contribution is 5.95. The average Bonchev–Trinajstić information content (AvgIpc) is 2.53. The second-order valence-corrected chi connectivity index (χ2v) is 5.37. The Morgan fingerprint density at radius 1 is 1.18 bits per heavy atom. The van der Waals surface area contributed by atoms with Crippen LogP contribution in [0.3, 0.4) is 0 Å². The molecule has 0 unspecified atom stereocenters. The summed E-state index contributed by atoms with van der Waals surface area (Å²) in [6.45, 7) is 4.68. The van der Waals surface area contributed by atoms with E-state index >= 15 is 0 Å². The number of amides is 1. The minimum atomic E-state index is -0.925. The molecule has 22 heavy (non-hydrogen) atoms. The van der Waals surface area contributed by atoms with Crippen molar-refractivity contribution in [2.45, 2.75) is 38.6 Å². The number of carboxylic acid groups (broad SMARTS) is 1. The minimum absolute atomic E-state index is 0.101. The second-order valence-electron chi connectivity index (χ2n) is 5.37. The van der Waals surface area contributed by atoms with Gasteiger partial charge in [0.1, 0.15) is 13.2 Å². The Bertz CT molecular complexity index is 566. The summed E-state index contributed by atoms with van der Waals surface area (Å²) in [6, 6.07) is 4.97. The van der Waals surface area contributed by atoms with Crippen molar-refractivity contribution in [1.29, 1.82) is 0 Å². The molecule has 0 spiro atoms. The van der Waals surface area contributed by atoms with Crippen LogP contribution in [0.25, 0.3) is 0 Å². The Morgan fingerprint density at radius 3 is 2.41 bits per heavy atom. The highest BCUT2D eigenvalue weighted by Gasteiger charge is 2.31. The summed E-state index contributed by atoms with van der Waals surface area (Å²) in [5, 5.41) is 11.9. The van der Waals surface area contributed by atoms with Crippen LogP contribution < -0.4 is 14.8 Å². The monoisotopic (exact) mass is 307 g/mol. The third-order valence-electron chi connectivity index (χ3n) is 4.03. The molecule has 6 nitrogen and oxygen atoms in total. The Hall–Kier alpha value is -2.24. The molecule has 2 rings (SSSR count). The first-order valence-corrected chi connectivity index (χ1v) is 7.43. The summed E-state index contributed by atoms with van der Waals surface area (Å²) in [6.07, 6.45) is 0.995. The molecule has 0 bridgehead atoms. The molecule has 6 heteroatoms. The number of rotatable bonds is 6. The van der Waals surface area contributed by atoms with Crippen LogP contribution in [-0.2, 0) is 4.79 Å². The number of benzene rings is 1. The fourth-order valence-corrected chi connectivity index (χ4v) is 2.51. The van der Waals surface area contributed by atoms with Crippen molar-refractivity contribution in [2.24, 2.45) is 0 Å². The lowest BCUT2D eigenvalue weighted by atomic mass is 9.88. The lowest BCUT2D eigenvalue weighted by molar-refractivity contribution is -0.138. The van der Waals surface area contributed by atoms with E-state index in [1.54, 1.807) is 18.2 Å². The molecule has 1 aromatic rings. The summed E-state index contributed by atoms with van der Waals surface area (Å²) in [5.74, 6) is -0.0746. The summed E-state index contributed by atoms with van der Waals surface area (Å²) >= 11 is 0. The first kappa shape index (κ1) is 16.1. The zero-order valence-corrected chi connectivity index (χ0v) is 12.8. The molecular weight excluding hydrogens is 286 g/mol. The molecule has 1 aromatic carbocycles. The number of nitrogens with one attached hydrogen (secondary N) is 1. The second kappa shape index (κ2) is 6.68. The fraction of sp³-hybridized carbons (Fsp3) is 0.500. The standard InChI is InChI=1S/C16H21NO5/c1-3-16(4-2,10-14(18)19)17-15(20)11-5-6-12-13(9-11)22-8-7-21-12/h5-6,9H,3-4,7-8,10H2,1-2H3,(H,17,20)(H,18,19). The van der Waals surface area contributed by atoms with Gasteiger partial charge in [-0.3, -0.25) is 9.59 Å². The summed E-state index contributed by atoms with van der Waals surface area (Å²) in [7, 11) is 0. The SMILES string of the molecule is CCC(CC)(CC(=O)O)NC(=O)c1ccc2c(c1)OCCO2. The number of hydrogen-bond acceptors (Lipinski definition) is 4. The molecule has 1 aliphatic heterocycles. The predicted molar refractivity (Wildman–Crippen MR) is 80.5 cm³/mol. The minimum Gasteiger partial charge on any atom is -0.486 e. The van der Waals surface area contributed by atoms with E-state index in [2.05, 4.69) is 5.32 Å². The topological polar surface area (TPSA) is 84.9 Å². The van der Waals surface area contributed by atoms with E-state index in [-0.39, 0.29) is 12.3 Å². The maximum absolute atomic E-state index is 12.4. The number of carbonyl (C=O) groups excluding carboxylic acids is 1. The number of ether oxygens (including phenoxy) is 2. The molecule has 0 aliphatic carbocycles. The molecule has 0 atom stereocenters. The van der Waals surface area contributed by atoms with Gasteiger partial charge in [0.15, 0.2) is 11.5 Å². The number of aliphatic carboxylic acids is 1. The van der Waals surface area contributed by atoms with Crippen LogP contribution in [0.4, 0.5) is 0 Å². The summed E-state index contributed by atoms with van der Waals surface area (Å²) in [4.78, 5) is 23.5. The fourth-order valence-electron chi connectivity index (χ4n) is 2.51. The average molecular weight is 307 g/mol. The largest absolute Gasteiger partial charge is 0.486 e. The van der Waals surface area contributed by atoms with Gasteiger partial charge in [0.05, 0.1) is 12.0 Å². The Labute approximate surface area is 129 Å². The van der Waals surface area contributed by atoms with Crippen molar-refractivity contribution in [3.05, 3.63) is 23.8 Å². The lowest BCUT2D eigenvalue weighted by Crippen LogP contribution is -2.49. The molecule has 1 heterocycles. The molecule has 120 valence electrons.